The molecule has 2 atom stereocenters. The van der Waals surface area contributed by atoms with Gasteiger partial charge in [-0.15, -0.1) is 0 Å². The van der Waals surface area contributed by atoms with E-state index in [-0.39, 0.29) is 31.8 Å². The van der Waals surface area contributed by atoms with Crippen molar-refractivity contribution in [2.75, 3.05) is 6.54 Å². The molecule has 0 unspecified atom stereocenters. The highest BCUT2D eigenvalue weighted by Gasteiger charge is 2.51. The number of amides is 3. The van der Waals surface area contributed by atoms with Crippen molar-refractivity contribution in [3.63, 3.8) is 0 Å². The summed E-state index contributed by atoms with van der Waals surface area (Å²) < 4.78 is 30.5. The van der Waals surface area contributed by atoms with Crippen LogP contribution in [0.15, 0.2) is 83.3 Å². The summed E-state index contributed by atoms with van der Waals surface area (Å²) in [6, 6.07) is 15.5. The first-order valence-corrected chi connectivity index (χ1v) is 15.5. The minimum absolute atomic E-state index is 0.0250. The molecule has 3 amide bonds. The lowest BCUT2D eigenvalue weighted by atomic mass is 9.82. The van der Waals surface area contributed by atoms with Crippen molar-refractivity contribution in [3.05, 3.63) is 105 Å². The van der Waals surface area contributed by atoms with Crippen molar-refractivity contribution >= 4 is 56.8 Å². The zero-order chi connectivity index (χ0) is 31.1. The number of carbonyl (C=O) groups excluding carboxylic acids is 4. The van der Waals surface area contributed by atoms with Crippen LogP contribution in [0.5, 0.6) is 5.75 Å². The van der Waals surface area contributed by atoms with Crippen LogP contribution in [0, 0.1) is 18.8 Å². The van der Waals surface area contributed by atoms with Crippen LogP contribution in [0.4, 0.5) is 0 Å². The molecule has 0 saturated carbocycles. The van der Waals surface area contributed by atoms with Crippen LogP contribution in [0.2, 0.25) is 10.0 Å². The Hall–Kier alpha value is -3.99. The number of imide groups is 1. The summed E-state index contributed by atoms with van der Waals surface area (Å²) in [5, 5.41) is 1.90. The number of benzene rings is 3. The van der Waals surface area contributed by atoms with Gasteiger partial charge in [-0.1, -0.05) is 52.5 Å². The molecule has 222 valence electrons. The molecule has 1 aliphatic heterocycles. The van der Waals surface area contributed by atoms with Crippen LogP contribution in [0.25, 0.3) is 0 Å². The van der Waals surface area contributed by atoms with Crippen LogP contribution in [-0.4, -0.2) is 48.5 Å². The first kappa shape index (κ1) is 30.5. The molecule has 0 N–H and O–H groups in total. The molecule has 9 nitrogen and oxygen atoms in total. The Morgan fingerprint density at radius 2 is 1.51 bits per heavy atom. The number of hydrazine groups is 1. The van der Waals surface area contributed by atoms with Crippen molar-refractivity contribution < 1.29 is 31.8 Å². The van der Waals surface area contributed by atoms with Crippen LogP contribution < -0.4 is 4.18 Å². The van der Waals surface area contributed by atoms with Gasteiger partial charge in [0, 0.05) is 11.1 Å². The van der Waals surface area contributed by atoms with E-state index in [1.165, 1.54) is 54.6 Å². The van der Waals surface area contributed by atoms with Gasteiger partial charge < -0.3 is 4.18 Å². The van der Waals surface area contributed by atoms with Gasteiger partial charge in [0.15, 0.2) is 5.78 Å². The first-order valence-electron chi connectivity index (χ1n) is 13.3. The van der Waals surface area contributed by atoms with Crippen molar-refractivity contribution in [2.45, 2.75) is 31.6 Å². The maximum absolute atomic E-state index is 13.7. The summed E-state index contributed by atoms with van der Waals surface area (Å²) >= 11 is 12.1. The maximum Gasteiger partial charge on any atom is 0.339 e. The number of nitrogens with zero attached hydrogens (tertiary/aromatic N) is 2. The van der Waals surface area contributed by atoms with Crippen molar-refractivity contribution in [3.8, 4) is 5.75 Å². The largest absolute Gasteiger partial charge is 0.379 e. The number of hydrogen-bond acceptors (Lipinski definition) is 7. The number of allylic oxidation sites excluding steroid dienone is 2. The Labute approximate surface area is 258 Å². The van der Waals surface area contributed by atoms with E-state index < -0.39 is 52.0 Å². The predicted molar refractivity (Wildman–Crippen MR) is 159 cm³/mol. The van der Waals surface area contributed by atoms with Gasteiger partial charge in [0.25, 0.3) is 17.7 Å². The molecule has 3 aromatic rings. The van der Waals surface area contributed by atoms with Gasteiger partial charge in [-0.3, -0.25) is 19.2 Å². The molecular weight excluding hydrogens is 615 g/mol. The van der Waals surface area contributed by atoms with E-state index >= 15 is 0 Å². The third-order valence-electron chi connectivity index (χ3n) is 7.43. The second kappa shape index (κ2) is 11.9. The number of halogens is 2. The second-order valence-electron chi connectivity index (χ2n) is 10.5. The lowest BCUT2D eigenvalue weighted by Gasteiger charge is -2.30. The van der Waals surface area contributed by atoms with E-state index in [0.717, 1.165) is 21.2 Å². The van der Waals surface area contributed by atoms with E-state index in [2.05, 4.69) is 0 Å². The molecule has 1 saturated heterocycles. The molecule has 5 rings (SSSR count). The van der Waals surface area contributed by atoms with E-state index in [1.807, 2.05) is 19.9 Å². The Bertz CT molecular complexity index is 1770. The van der Waals surface area contributed by atoms with Crippen LogP contribution in [0.1, 0.15) is 46.0 Å². The van der Waals surface area contributed by atoms with Crippen LogP contribution in [0.3, 0.4) is 0 Å². The molecule has 2 aliphatic rings. The van der Waals surface area contributed by atoms with Gasteiger partial charge in [0.2, 0.25) is 0 Å². The van der Waals surface area contributed by atoms with Crippen molar-refractivity contribution in [2.24, 2.45) is 11.8 Å². The zero-order valence-electron chi connectivity index (χ0n) is 23.1. The summed E-state index contributed by atoms with van der Waals surface area (Å²) in [6.45, 7) is 3.05. The Kier molecular flexibility index (Phi) is 8.47. The molecule has 1 heterocycles. The number of carbonyl (C=O) groups is 4. The first-order chi connectivity index (χ1) is 20.4. The number of aryl methyl sites for hydroxylation is 1. The van der Waals surface area contributed by atoms with Gasteiger partial charge in [0.1, 0.15) is 17.2 Å². The molecule has 0 radical (unpaired) electrons. The summed E-state index contributed by atoms with van der Waals surface area (Å²) in [7, 11) is -4.11. The van der Waals surface area contributed by atoms with Crippen LogP contribution >= 0.6 is 23.2 Å². The SMILES string of the molecule is CC1=CC[C@@H]2C(=O)N(N(CC(=O)c3ccc(OS(=O)(=O)c4ccc(C)cc4)cc3)C(=O)c3ccc(Cl)c(Cl)c3)C(=O)[C@@H]2C1. The quantitative estimate of drug-likeness (QED) is 0.135. The topological polar surface area (TPSA) is 118 Å². The maximum atomic E-state index is 13.7. The number of fused-ring (bicyclic) bond motifs is 1. The Morgan fingerprint density at radius 3 is 2.16 bits per heavy atom. The van der Waals surface area contributed by atoms with Gasteiger partial charge in [-0.05, 0) is 81.3 Å². The lowest BCUT2D eigenvalue weighted by molar-refractivity contribution is -0.154. The second-order valence-corrected chi connectivity index (χ2v) is 12.8. The van der Waals surface area contributed by atoms with Crippen LogP contribution in [-0.2, 0) is 19.7 Å². The summed E-state index contributed by atoms with van der Waals surface area (Å²) in [5.41, 5.74) is 1.98. The summed E-state index contributed by atoms with van der Waals surface area (Å²) in [6.07, 6.45) is 2.63. The third kappa shape index (κ3) is 6.22. The van der Waals surface area contributed by atoms with E-state index in [0.29, 0.717) is 12.8 Å². The average molecular weight is 642 g/mol. The van der Waals surface area contributed by atoms with E-state index in [1.54, 1.807) is 12.1 Å². The zero-order valence-corrected chi connectivity index (χ0v) is 25.4. The number of ketones is 1. The molecular formula is C31H26Cl2N2O7S. The highest BCUT2D eigenvalue weighted by molar-refractivity contribution is 7.87. The fourth-order valence-electron chi connectivity index (χ4n) is 5.07. The standard InChI is InChI=1S/C31H26Cl2N2O7S/c1-18-3-11-23(12-4-18)43(40,41)42-22-9-6-20(7-10-22)28(36)17-34(29(37)21-8-14-26(32)27(33)16-21)35-30(38)24-13-5-19(2)15-25(24)31(35)39/h3-12,14,16,24-25H,13,15,17H2,1-2H3/t24-,25+/m0/s1. The average Bonchev–Trinajstić information content (AvgIpc) is 3.21. The molecule has 43 heavy (non-hydrogen) atoms. The van der Waals surface area contributed by atoms with Gasteiger partial charge in [-0.25, -0.2) is 5.01 Å². The fourth-order valence-corrected chi connectivity index (χ4v) is 6.30. The molecule has 1 aliphatic carbocycles. The Balaban J connectivity index is 1.40. The number of hydrogen-bond donors (Lipinski definition) is 0. The minimum atomic E-state index is -4.11. The lowest BCUT2D eigenvalue weighted by Crippen LogP contribution is -2.52. The van der Waals surface area contributed by atoms with E-state index in [4.69, 9.17) is 27.4 Å². The van der Waals surface area contributed by atoms with Gasteiger partial charge in [0.05, 0.1) is 21.9 Å². The summed E-state index contributed by atoms with van der Waals surface area (Å²) in [5.74, 6) is -3.82. The normalized spacial score (nSPS) is 18.2. The van der Waals surface area contributed by atoms with Crippen molar-refractivity contribution in [1.29, 1.82) is 0 Å². The number of rotatable bonds is 8. The fraction of sp³-hybridized carbons (Fsp3) is 0.226. The minimum Gasteiger partial charge on any atom is -0.379 e. The predicted octanol–water partition coefficient (Wildman–Crippen LogP) is 5.65. The molecule has 12 heteroatoms. The smallest absolute Gasteiger partial charge is 0.339 e. The molecule has 0 bridgehead atoms. The molecule has 3 aromatic carbocycles. The molecule has 1 fully saturated rings. The summed E-state index contributed by atoms with van der Waals surface area (Å²) in [4.78, 5) is 54.0. The molecule has 0 aromatic heterocycles. The van der Waals surface area contributed by atoms with E-state index in [9.17, 15) is 27.6 Å². The van der Waals surface area contributed by atoms with Gasteiger partial charge >= 0.3 is 10.1 Å². The Morgan fingerprint density at radius 1 is 0.884 bits per heavy atom. The van der Waals surface area contributed by atoms with Crippen molar-refractivity contribution in [1.82, 2.24) is 10.0 Å². The monoisotopic (exact) mass is 640 g/mol. The molecule has 0 spiro atoms. The third-order valence-corrected chi connectivity index (χ3v) is 9.43. The number of Topliss-reactive ketones (excluding diaryl/α,β-unsaturated/α-hetero) is 1. The highest BCUT2D eigenvalue weighted by atomic mass is 35.5. The highest BCUT2D eigenvalue weighted by Crippen LogP contribution is 2.39. The van der Waals surface area contributed by atoms with Gasteiger partial charge in [-0.2, -0.15) is 13.4 Å².